The van der Waals surface area contributed by atoms with Gasteiger partial charge in [-0.05, 0) is 37.0 Å². The van der Waals surface area contributed by atoms with E-state index in [1.54, 1.807) is 0 Å². The van der Waals surface area contributed by atoms with E-state index in [2.05, 4.69) is 59.7 Å². The van der Waals surface area contributed by atoms with Gasteiger partial charge in [0.1, 0.15) is 0 Å². The van der Waals surface area contributed by atoms with E-state index >= 15 is 0 Å². The second kappa shape index (κ2) is 10.2. The van der Waals surface area contributed by atoms with Crippen molar-refractivity contribution >= 4 is 5.96 Å². The van der Waals surface area contributed by atoms with Gasteiger partial charge in [-0.25, -0.2) is 4.99 Å². The molecule has 0 spiro atoms. The lowest BCUT2D eigenvalue weighted by molar-refractivity contribution is 0.258. The van der Waals surface area contributed by atoms with Crippen LogP contribution in [-0.2, 0) is 19.7 Å². The molecule has 2 aromatic rings. The molecule has 1 fully saturated rings. The molecular formula is C23H32N4O. The van der Waals surface area contributed by atoms with Crippen molar-refractivity contribution in [1.82, 2.24) is 15.5 Å². The van der Waals surface area contributed by atoms with Crippen molar-refractivity contribution in [2.45, 2.75) is 52.0 Å². The normalized spacial score (nSPS) is 20.3. The number of nitrogens with one attached hydrogen (secondary N) is 2. The number of hydrogen-bond donors (Lipinski definition) is 3. The maximum atomic E-state index is 9.51. The molecule has 0 aromatic heterocycles. The van der Waals surface area contributed by atoms with Crippen LogP contribution in [-0.4, -0.2) is 41.1 Å². The predicted octanol–water partition coefficient (Wildman–Crippen LogP) is 2.90. The van der Waals surface area contributed by atoms with Crippen LogP contribution in [0.2, 0.25) is 0 Å². The fourth-order valence-corrected chi connectivity index (χ4v) is 3.78. The first-order valence-corrected chi connectivity index (χ1v) is 10.2. The number of aliphatic hydroxyl groups is 1. The number of guanidine groups is 1. The van der Waals surface area contributed by atoms with Gasteiger partial charge in [0.05, 0.1) is 13.2 Å². The van der Waals surface area contributed by atoms with Crippen molar-refractivity contribution in [1.29, 1.82) is 0 Å². The lowest BCUT2D eigenvalue weighted by Gasteiger charge is -2.21. The highest BCUT2D eigenvalue weighted by Gasteiger charge is 2.29. The third kappa shape index (κ3) is 5.57. The molecule has 1 aliphatic rings. The SMILES string of the molecule is CCNC(=NCc1ccccc1CO)NC1CC(C)N(Cc2ccccc2)C1. The first kappa shape index (κ1) is 20.4. The van der Waals surface area contributed by atoms with Crippen LogP contribution in [0.1, 0.15) is 37.0 Å². The lowest BCUT2D eigenvalue weighted by atomic mass is 10.1. The Bertz CT molecular complexity index is 762. The molecule has 5 nitrogen and oxygen atoms in total. The number of rotatable bonds is 7. The molecule has 5 heteroatoms. The summed E-state index contributed by atoms with van der Waals surface area (Å²) in [5.41, 5.74) is 3.36. The minimum Gasteiger partial charge on any atom is -0.392 e. The summed E-state index contributed by atoms with van der Waals surface area (Å²) in [6.07, 6.45) is 1.10. The Hall–Kier alpha value is -2.37. The molecule has 1 saturated heterocycles. The number of nitrogens with zero attached hydrogens (tertiary/aromatic N) is 2. The molecular weight excluding hydrogens is 348 g/mol. The standard InChI is InChI=1S/C23H32N4O/c1-3-24-23(25-14-20-11-7-8-12-21(20)17-28)26-22-13-18(2)27(16-22)15-19-9-5-4-6-10-19/h4-12,18,22,28H,3,13-17H2,1-2H3,(H2,24,25,26). The van der Waals surface area contributed by atoms with Crippen LogP contribution < -0.4 is 10.6 Å². The van der Waals surface area contributed by atoms with Crippen molar-refractivity contribution in [3.8, 4) is 0 Å². The van der Waals surface area contributed by atoms with Crippen molar-refractivity contribution in [2.75, 3.05) is 13.1 Å². The summed E-state index contributed by atoms with van der Waals surface area (Å²) in [5.74, 6) is 0.842. The summed E-state index contributed by atoms with van der Waals surface area (Å²) in [6.45, 7) is 7.80. The van der Waals surface area contributed by atoms with E-state index in [9.17, 15) is 5.11 Å². The van der Waals surface area contributed by atoms with E-state index in [-0.39, 0.29) is 6.61 Å². The monoisotopic (exact) mass is 380 g/mol. The van der Waals surface area contributed by atoms with Gasteiger partial charge in [-0.2, -0.15) is 0 Å². The third-order valence-corrected chi connectivity index (χ3v) is 5.31. The number of aliphatic hydroxyl groups excluding tert-OH is 1. The number of likely N-dealkylation sites (tertiary alicyclic amines) is 1. The van der Waals surface area contributed by atoms with Crippen LogP contribution in [0.4, 0.5) is 0 Å². The quantitative estimate of drug-likeness (QED) is 0.511. The summed E-state index contributed by atoms with van der Waals surface area (Å²) < 4.78 is 0. The fraction of sp³-hybridized carbons (Fsp3) is 0.435. The molecule has 3 N–H and O–H groups in total. The van der Waals surface area contributed by atoms with Gasteiger partial charge in [-0.15, -0.1) is 0 Å². The van der Waals surface area contributed by atoms with Crippen molar-refractivity contribution in [3.05, 3.63) is 71.3 Å². The molecule has 3 rings (SSSR count). The molecule has 0 saturated carbocycles. The molecule has 28 heavy (non-hydrogen) atoms. The van der Waals surface area contributed by atoms with Gasteiger partial charge >= 0.3 is 0 Å². The van der Waals surface area contributed by atoms with Crippen LogP contribution >= 0.6 is 0 Å². The highest BCUT2D eigenvalue weighted by molar-refractivity contribution is 5.80. The van der Waals surface area contributed by atoms with E-state index in [1.165, 1.54) is 5.56 Å². The molecule has 2 unspecified atom stereocenters. The highest BCUT2D eigenvalue weighted by atomic mass is 16.3. The largest absolute Gasteiger partial charge is 0.392 e. The highest BCUT2D eigenvalue weighted by Crippen LogP contribution is 2.20. The number of hydrogen-bond acceptors (Lipinski definition) is 3. The van der Waals surface area contributed by atoms with Crippen molar-refractivity contribution in [3.63, 3.8) is 0 Å². The van der Waals surface area contributed by atoms with Crippen molar-refractivity contribution < 1.29 is 5.11 Å². The summed E-state index contributed by atoms with van der Waals surface area (Å²) in [7, 11) is 0. The Balaban J connectivity index is 1.61. The molecule has 1 heterocycles. The lowest BCUT2D eigenvalue weighted by Crippen LogP contribution is -2.44. The van der Waals surface area contributed by atoms with Crippen LogP contribution in [0.5, 0.6) is 0 Å². The van der Waals surface area contributed by atoms with Gasteiger partial charge in [0.2, 0.25) is 0 Å². The van der Waals surface area contributed by atoms with Gasteiger partial charge in [0.25, 0.3) is 0 Å². The Morgan fingerprint density at radius 2 is 1.82 bits per heavy atom. The minimum atomic E-state index is 0.0459. The summed E-state index contributed by atoms with van der Waals surface area (Å²) >= 11 is 0. The van der Waals surface area contributed by atoms with Crippen LogP contribution in [0.15, 0.2) is 59.6 Å². The van der Waals surface area contributed by atoms with Gasteiger partial charge in [0, 0.05) is 31.7 Å². The van der Waals surface area contributed by atoms with E-state index in [0.717, 1.165) is 43.1 Å². The van der Waals surface area contributed by atoms with Gasteiger partial charge in [0.15, 0.2) is 5.96 Å². The molecule has 2 atom stereocenters. The molecule has 150 valence electrons. The average Bonchev–Trinajstić information content (AvgIpc) is 3.06. The fourth-order valence-electron chi connectivity index (χ4n) is 3.78. The Labute approximate surface area is 168 Å². The summed E-state index contributed by atoms with van der Waals surface area (Å²) in [6, 6.07) is 19.5. The molecule has 0 radical (unpaired) electrons. The molecule has 0 aliphatic carbocycles. The van der Waals surface area contributed by atoms with Gasteiger partial charge in [-0.1, -0.05) is 54.6 Å². The summed E-state index contributed by atoms with van der Waals surface area (Å²) in [4.78, 5) is 7.28. The van der Waals surface area contributed by atoms with Gasteiger partial charge < -0.3 is 15.7 Å². The molecule has 1 aliphatic heterocycles. The van der Waals surface area contributed by atoms with Gasteiger partial charge in [-0.3, -0.25) is 4.90 Å². The second-order valence-corrected chi connectivity index (χ2v) is 7.46. The maximum absolute atomic E-state index is 9.51. The van der Waals surface area contributed by atoms with E-state index < -0.39 is 0 Å². The smallest absolute Gasteiger partial charge is 0.191 e. The van der Waals surface area contributed by atoms with Crippen molar-refractivity contribution in [2.24, 2.45) is 4.99 Å². The van der Waals surface area contributed by atoms with Crippen LogP contribution in [0, 0.1) is 0 Å². The maximum Gasteiger partial charge on any atom is 0.191 e. The molecule has 0 bridgehead atoms. The zero-order valence-corrected chi connectivity index (χ0v) is 16.9. The first-order valence-electron chi connectivity index (χ1n) is 10.2. The average molecular weight is 381 g/mol. The Morgan fingerprint density at radius 3 is 2.54 bits per heavy atom. The Morgan fingerprint density at radius 1 is 1.11 bits per heavy atom. The first-order chi connectivity index (χ1) is 13.7. The molecule has 0 amide bonds. The number of aliphatic imine (C=N–C) groups is 1. The third-order valence-electron chi connectivity index (χ3n) is 5.31. The topological polar surface area (TPSA) is 59.9 Å². The van der Waals surface area contributed by atoms with E-state index in [1.807, 2.05) is 24.3 Å². The Kier molecular flexibility index (Phi) is 7.46. The zero-order valence-electron chi connectivity index (χ0n) is 16.9. The second-order valence-electron chi connectivity index (χ2n) is 7.46. The van der Waals surface area contributed by atoms with E-state index in [0.29, 0.717) is 18.6 Å². The zero-order chi connectivity index (χ0) is 19.8. The minimum absolute atomic E-state index is 0.0459. The van der Waals surface area contributed by atoms with Crippen LogP contribution in [0.25, 0.3) is 0 Å². The predicted molar refractivity (Wildman–Crippen MR) is 115 cm³/mol. The summed E-state index contributed by atoms with van der Waals surface area (Å²) in [5, 5.41) is 16.5. The number of benzene rings is 2. The van der Waals surface area contributed by atoms with Crippen LogP contribution in [0.3, 0.4) is 0 Å². The molecule has 2 aromatic carbocycles. The van der Waals surface area contributed by atoms with E-state index in [4.69, 9.17) is 4.99 Å².